The van der Waals surface area contributed by atoms with E-state index in [1.165, 1.54) is 5.56 Å². The maximum absolute atomic E-state index is 13.7. The second-order valence-corrected chi connectivity index (χ2v) is 8.79. The molecule has 0 unspecified atom stereocenters. The molecule has 168 valence electrons. The number of carboxylic acids is 1. The summed E-state index contributed by atoms with van der Waals surface area (Å²) in [6, 6.07) is 15.5. The van der Waals surface area contributed by atoms with E-state index in [9.17, 15) is 14.4 Å². The Labute approximate surface area is 188 Å². The average Bonchev–Trinajstić information content (AvgIpc) is 3.29. The zero-order valence-corrected chi connectivity index (χ0v) is 18.7. The lowest BCUT2D eigenvalue weighted by molar-refractivity contribution is -0.141. The Morgan fingerprint density at radius 1 is 1.03 bits per heavy atom. The Balaban J connectivity index is 1.71. The van der Waals surface area contributed by atoms with Crippen molar-refractivity contribution in [1.29, 1.82) is 0 Å². The number of carbonyl (C=O) groups is 3. The number of benzene rings is 2. The Kier molecular flexibility index (Phi) is 6.31. The standard InChI is InChI=1S/C26H30N2O4/c1-3-17-11-13-18(14-12-17)26(32)28-21-9-5-4-7-19(21)25(20-8-6-10-22(20)28)27(2)23(29)15-16-24(30)31/h4-5,7,9,11-14,20,22,25H,3,6,8,10,15-16H2,1-2H3,(H,30,31)/t20-,22+,25-/m0/s1. The van der Waals surface area contributed by atoms with E-state index < -0.39 is 5.97 Å². The summed E-state index contributed by atoms with van der Waals surface area (Å²) in [5, 5.41) is 8.98. The summed E-state index contributed by atoms with van der Waals surface area (Å²) in [5.41, 5.74) is 3.68. The minimum Gasteiger partial charge on any atom is -0.481 e. The third-order valence-corrected chi connectivity index (χ3v) is 6.98. The van der Waals surface area contributed by atoms with Crippen LogP contribution in [0.1, 0.15) is 66.6 Å². The molecule has 0 saturated heterocycles. The van der Waals surface area contributed by atoms with Crippen molar-refractivity contribution in [2.75, 3.05) is 11.9 Å². The summed E-state index contributed by atoms with van der Waals surface area (Å²) in [5.74, 6) is -1.02. The smallest absolute Gasteiger partial charge is 0.303 e. The van der Waals surface area contributed by atoms with Gasteiger partial charge in [0.1, 0.15) is 0 Å². The van der Waals surface area contributed by atoms with Gasteiger partial charge in [-0.15, -0.1) is 0 Å². The molecule has 1 fully saturated rings. The van der Waals surface area contributed by atoms with E-state index in [0.29, 0.717) is 5.56 Å². The number of carbonyl (C=O) groups excluding carboxylic acids is 2. The number of carboxylic acid groups (broad SMARTS) is 1. The molecule has 2 aliphatic rings. The van der Waals surface area contributed by atoms with Crippen molar-refractivity contribution in [2.45, 2.75) is 57.5 Å². The lowest BCUT2D eigenvalue weighted by Crippen LogP contribution is -2.51. The van der Waals surface area contributed by atoms with Gasteiger partial charge in [0, 0.05) is 36.7 Å². The summed E-state index contributed by atoms with van der Waals surface area (Å²) in [4.78, 5) is 41.1. The molecule has 0 radical (unpaired) electrons. The highest BCUT2D eigenvalue weighted by Gasteiger charge is 2.47. The number of aliphatic carboxylic acids is 1. The summed E-state index contributed by atoms with van der Waals surface area (Å²) in [6.07, 6.45) is 3.55. The number of para-hydroxylation sites is 1. The molecule has 32 heavy (non-hydrogen) atoms. The van der Waals surface area contributed by atoms with Crippen LogP contribution >= 0.6 is 0 Å². The quantitative estimate of drug-likeness (QED) is 0.729. The zero-order valence-electron chi connectivity index (χ0n) is 18.7. The molecule has 6 heteroatoms. The molecule has 6 nitrogen and oxygen atoms in total. The Bertz CT molecular complexity index is 1020. The van der Waals surface area contributed by atoms with Crippen LogP contribution in [0.15, 0.2) is 48.5 Å². The summed E-state index contributed by atoms with van der Waals surface area (Å²) in [6.45, 7) is 2.09. The topological polar surface area (TPSA) is 77.9 Å². The number of amides is 2. The van der Waals surface area contributed by atoms with Crippen LogP contribution in [-0.2, 0) is 16.0 Å². The van der Waals surface area contributed by atoms with Gasteiger partial charge in [-0.2, -0.15) is 0 Å². The highest BCUT2D eigenvalue weighted by Crippen LogP contribution is 2.50. The molecule has 4 rings (SSSR count). The predicted molar refractivity (Wildman–Crippen MR) is 123 cm³/mol. The van der Waals surface area contributed by atoms with Crippen LogP contribution in [0.2, 0.25) is 0 Å². The maximum atomic E-state index is 13.7. The molecular weight excluding hydrogens is 404 g/mol. The number of anilines is 1. The van der Waals surface area contributed by atoms with Crippen LogP contribution < -0.4 is 4.90 Å². The molecule has 1 N–H and O–H groups in total. The first kappa shape index (κ1) is 22.1. The van der Waals surface area contributed by atoms with Crippen LogP contribution in [0.4, 0.5) is 5.69 Å². The first-order valence-corrected chi connectivity index (χ1v) is 11.4. The van der Waals surface area contributed by atoms with Gasteiger partial charge in [-0.1, -0.05) is 43.7 Å². The van der Waals surface area contributed by atoms with Crippen molar-refractivity contribution in [3.63, 3.8) is 0 Å². The SMILES string of the molecule is CCc1ccc(C(=O)N2c3ccccc3[C@H](N(C)C(=O)CCC(=O)O)[C@H]3CCC[C@H]32)cc1. The molecule has 3 atom stereocenters. The van der Waals surface area contributed by atoms with E-state index in [4.69, 9.17) is 5.11 Å². The number of aryl methyl sites for hydroxylation is 1. The fraction of sp³-hybridized carbons (Fsp3) is 0.423. The molecule has 1 saturated carbocycles. The second-order valence-electron chi connectivity index (χ2n) is 8.79. The van der Waals surface area contributed by atoms with E-state index in [1.54, 1.807) is 11.9 Å². The molecule has 1 aliphatic heterocycles. The van der Waals surface area contributed by atoms with Crippen LogP contribution in [-0.4, -0.2) is 40.9 Å². The van der Waals surface area contributed by atoms with Crippen LogP contribution in [0.3, 0.4) is 0 Å². The van der Waals surface area contributed by atoms with Crippen molar-refractivity contribution in [1.82, 2.24) is 4.90 Å². The maximum Gasteiger partial charge on any atom is 0.303 e. The number of rotatable bonds is 6. The van der Waals surface area contributed by atoms with Crippen LogP contribution in [0, 0.1) is 5.92 Å². The van der Waals surface area contributed by atoms with E-state index in [0.717, 1.165) is 36.9 Å². The van der Waals surface area contributed by atoms with E-state index >= 15 is 0 Å². The highest BCUT2D eigenvalue weighted by atomic mass is 16.4. The molecule has 1 heterocycles. The Morgan fingerprint density at radius 2 is 1.75 bits per heavy atom. The van der Waals surface area contributed by atoms with Crippen molar-refractivity contribution < 1.29 is 19.5 Å². The fourth-order valence-corrected chi connectivity index (χ4v) is 5.35. The first-order valence-electron chi connectivity index (χ1n) is 11.4. The van der Waals surface area contributed by atoms with Crippen molar-refractivity contribution in [3.8, 4) is 0 Å². The van der Waals surface area contributed by atoms with Gasteiger partial charge in [-0.05, 0) is 48.6 Å². The van der Waals surface area contributed by atoms with Gasteiger partial charge in [-0.3, -0.25) is 14.4 Å². The van der Waals surface area contributed by atoms with Crippen molar-refractivity contribution in [3.05, 3.63) is 65.2 Å². The van der Waals surface area contributed by atoms with Gasteiger partial charge in [0.15, 0.2) is 0 Å². The molecule has 0 spiro atoms. The Morgan fingerprint density at radius 3 is 2.44 bits per heavy atom. The number of hydrogen-bond acceptors (Lipinski definition) is 3. The molecular formula is C26H30N2O4. The summed E-state index contributed by atoms with van der Waals surface area (Å²) < 4.78 is 0. The molecule has 0 bridgehead atoms. The minimum absolute atomic E-state index is 0.00434. The molecule has 2 aromatic carbocycles. The van der Waals surface area contributed by atoms with Gasteiger partial charge in [0.05, 0.1) is 12.5 Å². The molecule has 2 amide bonds. The van der Waals surface area contributed by atoms with Gasteiger partial charge < -0.3 is 14.9 Å². The van der Waals surface area contributed by atoms with Gasteiger partial charge >= 0.3 is 5.97 Å². The number of hydrogen-bond donors (Lipinski definition) is 1. The largest absolute Gasteiger partial charge is 0.481 e. The van der Waals surface area contributed by atoms with Gasteiger partial charge in [0.2, 0.25) is 5.91 Å². The monoisotopic (exact) mass is 434 g/mol. The highest BCUT2D eigenvalue weighted by molar-refractivity contribution is 6.07. The Hall–Kier alpha value is -3.15. The van der Waals surface area contributed by atoms with Gasteiger partial charge in [0.25, 0.3) is 5.91 Å². The average molecular weight is 435 g/mol. The van der Waals surface area contributed by atoms with Crippen molar-refractivity contribution >= 4 is 23.5 Å². The van der Waals surface area contributed by atoms with Crippen LogP contribution in [0.25, 0.3) is 0 Å². The summed E-state index contributed by atoms with van der Waals surface area (Å²) >= 11 is 0. The van der Waals surface area contributed by atoms with E-state index in [1.807, 2.05) is 53.4 Å². The summed E-state index contributed by atoms with van der Waals surface area (Å²) in [7, 11) is 1.77. The second kappa shape index (κ2) is 9.15. The van der Waals surface area contributed by atoms with E-state index in [2.05, 4.69) is 6.92 Å². The lowest BCUT2D eigenvalue weighted by Gasteiger charge is -2.46. The fourth-order valence-electron chi connectivity index (χ4n) is 5.35. The number of fused-ring (bicyclic) bond motifs is 2. The van der Waals surface area contributed by atoms with Crippen LogP contribution in [0.5, 0.6) is 0 Å². The predicted octanol–water partition coefficient (Wildman–Crippen LogP) is 4.44. The minimum atomic E-state index is -0.972. The first-order chi connectivity index (χ1) is 15.4. The lowest BCUT2D eigenvalue weighted by atomic mass is 9.81. The molecule has 2 aromatic rings. The number of nitrogens with zero attached hydrogens (tertiary/aromatic N) is 2. The molecule has 0 aromatic heterocycles. The third kappa shape index (κ3) is 4.01. The third-order valence-electron chi connectivity index (χ3n) is 6.98. The zero-order chi connectivity index (χ0) is 22.8. The molecule has 1 aliphatic carbocycles. The van der Waals surface area contributed by atoms with Gasteiger partial charge in [-0.25, -0.2) is 0 Å². The normalized spacial score (nSPS) is 21.6. The van der Waals surface area contributed by atoms with E-state index in [-0.39, 0.29) is 42.7 Å². The van der Waals surface area contributed by atoms with Crippen molar-refractivity contribution in [2.24, 2.45) is 5.92 Å².